The first-order chi connectivity index (χ1) is 8.56. The molecule has 2 bridgehead atoms. The molecule has 1 aromatic carbocycles. The number of fused-ring (bicyclic) bond motifs is 4. The van der Waals surface area contributed by atoms with Crippen molar-refractivity contribution in [1.29, 1.82) is 0 Å². The van der Waals surface area contributed by atoms with Crippen LogP contribution < -0.4 is 0 Å². The molecule has 1 aliphatic heterocycles. The Bertz CT molecular complexity index is 470. The van der Waals surface area contributed by atoms with Gasteiger partial charge in [-0.1, -0.05) is 26.3 Å². The largest absolute Gasteiger partial charge is 0.508 e. The van der Waals surface area contributed by atoms with E-state index in [9.17, 15) is 5.11 Å². The number of benzene rings is 1. The van der Waals surface area contributed by atoms with E-state index in [1.807, 2.05) is 12.1 Å². The second-order valence-corrected chi connectivity index (χ2v) is 6.28. The van der Waals surface area contributed by atoms with E-state index >= 15 is 0 Å². The minimum Gasteiger partial charge on any atom is -0.508 e. The Labute approximate surface area is 110 Å². The van der Waals surface area contributed by atoms with E-state index in [0.717, 1.165) is 6.42 Å². The van der Waals surface area contributed by atoms with Gasteiger partial charge in [-0.3, -0.25) is 0 Å². The summed E-state index contributed by atoms with van der Waals surface area (Å²) >= 11 is 0. The Hall–Kier alpha value is -1.02. The number of piperidine rings is 1. The van der Waals surface area contributed by atoms with Crippen molar-refractivity contribution >= 4 is 0 Å². The second kappa shape index (κ2) is 3.99. The van der Waals surface area contributed by atoms with Crippen molar-refractivity contribution < 1.29 is 5.11 Å². The van der Waals surface area contributed by atoms with Gasteiger partial charge in [-0.15, -0.1) is 0 Å². The third-order valence-electron chi connectivity index (χ3n) is 5.41. The molecule has 0 aromatic heterocycles. The molecule has 1 fully saturated rings. The van der Waals surface area contributed by atoms with Gasteiger partial charge in [0.05, 0.1) is 0 Å². The number of rotatable bonds is 1. The summed E-state index contributed by atoms with van der Waals surface area (Å²) in [5.41, 5.74) is 3.09. The molecule has 0 unspecified atom stereocenters. The van der Waals surface area contributed by atoms with Crippen molar-refractivity contribution in [3.05, 3.63) is 29.3 Å². The molecule has 2 nitrogen and oxygen atoms in total. The standard InChI is InChI=1S/C16H23NO/c1-4-13-15-9-11-5-6-12(18)10-14(11)16(13,2)7-8-17(15)3/h5-6,10,13,15,18H,4,7-9H2,1-3H3/t13-,15-,16-/m0/s1. The topological polar surface area (TPSA) is 23.5 Å². The third kappa shape index (κ3) is 1.51. The summed E-state index contributed by atoms with van der Waals surface area (Å²) in [6.07, 6.45) is 3.57. The molecule has 1 aliphatic carbocycles. The van der Waals surface area contributed by atoms with E-state index in [4.69, 9.17) is 0 Å². The second-order valence-electron chi connectivity index (χ2n) is 6.28. The lowest BCUT2D eigenvalue weighted by Gasteiger charge is -2.54. The average Bonchev–Trinajstić information content (AvgIpc) is 2.35. The quantitative estimate of drug-likeness (QED) is 0.822. The molecular weight excluding hydrogens is 222 g/mol. The van der Waals surface area contributed by atoms with E-state index in [2.05, 4.69) is 31.9 Å². The first kappa shape index (κ1) is 12.0. The van der Waals surface area contributed by atoms with Crippen LogP contribution in [0.3, 0.4) is 0 Å². The van der Waals surface area contributed by atoms with Gasteiger partial charge in [0, 0.05) is 6.04 Å². The van der Waals surface area contributed by atoms with Crippen LogP contribution in [-0.2, 0) is 11.8 Å². The molecule has 0 spiro atoms. The lowest BCUT2D eigenvalue weighted by Crippen LogP contribution is -2.57. The fraction of sp³-hybridized carbons (Fsp3) is 0.625. The van der Waals surface area contributed by atoms with Crippen LogP contribution in [0.1, 0.15) is 37.8 Å². The van der Waals surface area contributed by atoms with Gasteiger partial charge >= 0.3 is 0 Å². The van der Waals surface area contributed by atoms with Crippen LogP contribution >= 0.6 is 0 Å². The Morgan fingerprint density at radius 1 is 1.44 bits per heavy atom. The van der Waals surface area contributed by atoms with Crippen LogP contribution in [0.5, 0.6) is 5.75 Å². The van der Waals surface area contributed by atoms with E-state index < -0.39 is 0 Å². The minimum absolute atomic E-state index is 0.248. The zero-order valence-corrected chi connectivity index (χ0v) is 11.6. The minimum atomic E-state index is 0.248. The number of phenols is 1. The number of likely N-dealkylation sites (N-methyl/N-ethyl adjacent to an activating group) is 1. The Balaban J connectivity index is 2.15. The van der Waals surface area contributed by atoms with E-state index in [1.54, 1.807) is 0 Å². The average molecular weight is 245 g/mol. The summed E-state index contributed by atoms with van der Waals surface area (Å²) in [7, 11) is 2.26. The van der Waals surface area contributed by atoms with Crippen LogP contribution in [0.4, 0.5) is 0 Å². The van der Waals surface area contributed by atoms with Crippen LogP contribution in [0, 0.1) is 5.92 Å². The molecule has 1 N–H and O–H groups in total. The van der Waals surface area contributed by atoms with Crippen LogP contribution in [0.2, 0.25) is 0 Å². The summed E-state index contributed by atoms with van der Waals surface area (Å²) < 4.78 is 0. The number of nitrogens with zero attached hydrogens (tertiary/aromatic N) is 1. The zero-order valence-electron chi connectivity index (χ0n) is 11.6. The predicted molar refractivity (Wildman–Crippen MR) is 74.0 cm³/mol. The number of aromatic hydroxyl groups is 1. The molecule has 1 saturated heterocycles. The fourth-order valence-corrected chi connectivity index (χ4v) is 4.35. The summed E-state index contributed by atoms with van der Waals surface area (Å²) in [5, 5.41) is 9.80. The van der Waals surface area contributed by atoms with Gasteiger partial charge in [0.25, 0.3) is 0 Å². The van der Waals surface area contributed by atoms with Gasteiger partial charge in [-0.25, -0.2) is 0 Å². The maximum Gasteiger partial charge on any atom is 0.115 e. The zero-order chi connectivity index (χ0) is 12.9. The molecule has 2 heteroatoms. The van der Waals surface area contributed by atoms with Crippen molar-refractivity contribution in [2.75, 3.05) is 13.6 Å². The summed E-state index contributed by atoms with van der Waals surface area (Å²) in [6.45, 7) is 5.88. The van der Waals surface area contributed by atoms with Gasteiger partial charge in [-0.2, -0.15) is 0 Å². The Morgan fingerprint density at radius 2 is 2.22 bits per heavy atom. The van der Waals surface area contributed by atoms with Gasteiger partial charge in [0.15, 0.2) is 0 Å². The van der Waals surface area contributed by atoms with Crippen LogP contribution in [0.25, 0.3) is 0 Å². The van der Waals surface area contributed by atoms with Crippen LogP contribution in [-0.4, -0.2) is 29.6 Å². The predicted octanol–water partition coefficient (Wildman–Crippen LogP) is 2.94. The highest BCUT2D eigenvalue weighted by molar-refractivity contribution is 5.44. The van der Waals surface area contributed by atoms with Crippen molar-refractivity contribution in [2.24, 2.45) is 5.92 Å². The maximum atomic E-state index is 9.80. The lowest BCUT2D eigenvalue weighted by molar-refractivity contribution is 0.0376. The highest BCUT2D eigenvalue weighted by atomic mass is 16.3. The van der Waals surface area contributed by atoms with Crippen LogP contribution in [0.15, 0.2) is 18.2 Å². The molecule has 0 amide bonds. The molecular formula is C16H23NO. The molecule has 18 heavy (non-hydrogen) atoms. The highest BCUT2D eigenvalue weighted by Gasteiger charge is 2.48. The molecule has 3 rings (SSSR count). The number of hydrogen-bond donors (Lipinski definition) is 1. The molecule has 0 saturated carbocycles. The number of phenolic OH excluding ortho intramolecular Hbond substituents is 1. The first-order valence-corrected chi connectivity index (χ1v) is 7.09. The Kier molecular flexibility index (Phi) is 2.67. The number of likely N-dealkylation sites (tertiary alicyclic amines) is 1. The lowest BCUT2D eigenvalue weighted by atomic mass is 9.57. The van der Waals surface area contributed by atoms with Crippen molar-refractivity contribution in [2.45, 2.75) is 44.6 Å². The van der Waals surface area contributed by atoms with Gasteiger partial charge < -0.3 is 10.0 Å². The smallest absolute Gasteiger partial charge is 0.115 e. The molecule has 98 valence electrons. The fourth-order valence-electron chi connectivity index (χ4n) is 4.35. The van der Waals surface area contributed by atoms with E-state index in [-0.39, 0.29) is 5.41 Å². The third-order valence-corrected chi connectivity index (χ3v) is 5.41. The summed E-state index contributed by atoms with van der Waals surface area (Å²) in [6, 6.07) is 6.65. The van der Waals surface area contributed by atoms with Gasteiger partial charge in [0.1, 0.15) is 5.75 Å². The molecule has 3 atom stereocenters. The number of hydrogen-bond acceptors (Lipinski definition) is 2. The molecule has 1 heterocycles. The van der Waals surface area contributed by atoms with Crippen molar-refractivity contribution in [3.63, 3.8) is 0 Å². The van der Waals surface area contributed by atoms with E-state index in [0.29, 0.717) is 17.7 Å². The molecule has 1 aromatic rings. The maximum absolute atomic E-state index is 9.80. The normalized spacial score (nSPS) is 35.3. The van der Waals surface area contributed by atoms with E-state index in [1.165, 1.54) is 30.5 Å². The van der Waals surface area contributed by atoms with Gasteiger partial charge in [0.2, 0.25) is 0 Å². The SMILES string of the molecule is CC[C@H]1[C@@H]2Cc3ccc(O)cc3[C@@]1(C)CCN2C. The monoisotopic (exact) mass is 245 g/mol. The first-order valence-electron chi connectivity index (χ1n) is 7.09. The molecule has 2 aliphatic rings. The Morgan fingerprint density at radius 3 is 2.94 bits per heavy atom. The highest BCUT2D eigenvalue weighted by Crippen LogP contribution is 2.50. The van der Waals surface area contributed by atoms with Gasteiger partial charge in [-0.05, 0) is 61.0 Å². The summed E-state index contributed by atoms with van der Waals surface area (Å²) in [5.74, 6) is 1.13. The van der Waals surface area contributed by atoms with Crippen molar-refractivity contribution in [1.82, 2.24) is 4.90 Å². The summed E-state index contributed by atoms with van der Waals surface area (Å²) in [4.78, 5) is 2.53. The van der Waals surface area contributed by atoms with Crippen molar-refractivity contribution in [3.8, 4) is 5.75 Å². The molecule has 0 radical (unpaired) electrons.